The first-order chi connectivity index (χ1) is 9.70. The van der Waals surface area contributed by atoms with Crippen molar-refractivity contribution >= 4 is 11.6 Å². The average Bonchev–Trinajstić information content (AvgIpc) is 2.89. The highest BCUT2D eigenvalue weighted by molar-refractivity contribution is 6.30. The monoisotopic (exact) mass is 290 g/mol. The molecule has 1 aliphatic rings. The van der Waals surface area contributed by atoms with Gasteiger partial charge in [0, 0.05) is 44.6 Å². The molecule has 2 aromatic heterocycles. The number of fused-ring (bicyclic) bond motifs is 1. The van der Waals surface area contributed by atoms with E-state index in [0.29, 0.717) is 10.9 Å². The standard InChI is InChI=1S/C15H19ClN4/c1-19(11-14-4-3-13(16)8-18-14)9-12-2-5-15-17-6-7-20(15)10-12/h3-4,6-8,12H,2,5,9-11H2,1H3/t12-/m1/s1. The van der Waals surface area contributed by atoms with Gasteiger partial charge >= 0.3 is 0 Å². The molecule has 0 aromatic carbocycles. The third-order valence-corrected chi connectivity index (χ3v) is 4.05. The first-order valence-electron chi connectivity index (χ1n) is 6.99. The van der Waals surface area contributed by atoms with E-state index in [1.807, 2.05) is 18.3 Å². The quantitative estimate of drug-likeness (QED) is 0.868. The Kier molecular flexibility index (Phi) is 4.03. The number of aryl methyl sites for hydroxylation is 1. The van der Waals surface area contributed by atoms with Gasteiger partial charge in [-0.1, -0.05) is 11.6 Å². The smallest absolute Gasteiger partial charge is 0.108 e. The zero-order chi connectivity index (χ0) is 13.9. The molecule has 1 aliphatic heterocycles. The number of hydrogen-bond donors (Lipinski definition) is 0. The van der Waals surface area contributed by atoms with Crippen molar-refractivity contribution in [2.75, 3.05) is 13.6 Å². The van der Waals surface area contributed by atoms with Crippen molar-refractivity contribution in [2.24, 2.45) is 5.92 Å². The van der Waals surface area contributed by atoms with Crippen molar-refractivity contribution in [3.8, 4) is 0 Å². The molecule has 0 saturated carbocycles. The van der Waals surface area contributed by atoms with Gasteiger partial charge in [-0.15, -0.1) is 0 Å². The number of imidazole rings is 1. The van der Waals surface area contributed by atoms with Crippen molar-refractivity contribution in [1.82, 2.24) is 19.4 Å². The zero-order valence-corrected chi connectivity index (χ0v) is 12.4. The SMILES string of the molecule is CN(Cc1ccc(Cl)cn1)C[C@H]1CCc2nccn2C1. The first-order valence-corrected chi connectivity index (χ1v) is 7.37. The van der Waals surface area contributed by atoms with Crippen LogP contribution in [0, 0.1) is 5.92 Å². The molecule has 0 amide bonds. The van der Waals surface area contributed by atoms with E-state index in [1.165, 1.54) is 12.2 Å². The highest BCUT2D eigenvalue weighted by atomic mass is 35.5. The number of rotatable bonds is 4. The summed E-state index contributed by atoms with van der Waals surface area (Å²) in [6, 6.07) is 3.89. The van der Waals surface area contributed by atoms with Gasteiger partial charge in [-0.05, 0) is 31.5 Å². The fourth-order valence-electron chi connectivity index (χ4n) is 2.87. The summed E-state index contributed by atoms with van der Waals surface area (Å²) in [6.45, 7) is 3.03. The van der Waals surface area contributed by atoms with Crippen molar-refractivity contribution < 1.29 is 0 Å². The molecule has 0 unspecified atom stereocenters. The van der Waals surface area contributed by atoms with Crippen LogP contribution in [0.4, 0.5) is 0 Å². The Morgan fingerprint density at radius 1 is 1.40 bits per heavy atom. The topological polar surface area (TPSA) is 34.0 Å². The van der Waals surface area contributed by atoms with Crippen molar-refractivity contribution in [2.45, 2.75) is 25.9 Å². The number of pyridine rings is 1. The van der Waals surface area contributed by atoms with E-state index in [2.05, 4.69) is 32.7 Å². The molecule has 3 rings (SSSR count). The van der Waals surface area contributed by atoms with E-state index in [1.54, 1.807) is 6.20 Å². The minimum atomic E-state index is 0.689. The van der Waals surface area contributed by atoms with E-state index in [4.69, 9.17) is 11.6 Å². The normalized spacial score (nSPS) is 18.2. The zero-order valence-electron chi connectivity index (χ0n) is 11.7. The van der Waals surface area contributed by atoms with Gasteiger partial charge in [0.1, 0.15) is 5.82 Å². The highest BCUT2D eigenvalue weighted by Gasteiger charge is 2.20. The second-order valence-electron chi connectivity index (χ2n) is 5.57. The first kappa shape index (κ1) is 13.6. The molecule has 1 atom stereocenters. The van der Waals surface area contributed by atoms with E-state index in [-0.39, 0.29) is 0 Å². The molecule has 20 heavy (non-hydrogen) atoms. The Hall–Kier alpha value is -1.39. The highest BCUT2D eigenvalue weighted by Crippen LogP contribution is 2.20. The molecule has 0 spiro atoms. The van der Waals surface area contributed by atoms with E-state index < -0.39 is 0 Å². The second kappa shape index (κ2) is 5.94. The predicted octanol–water partition coefficient (Wildman–Crippen LogP) is 2.63. The van der Waals surface area contributed by atoms with Crippen LogP contribution in [0.2, 0.25) is 5.02 Å². The summed E-state index contributed by atoms with van der Waals surface area (Å²) >= 11 is 5.86. The number of halogens is 1. The molecule has 5 heteroatoms. The Morgan fingerprint density at radius 2 is 2.30 bits per heavy atom. The summed E-state index contributed by atoms with van der Waals surface area (Å²) in [5.74, 6) is 1.91. The van der Waals surface area contributed by atoms with Gasteiger partial charge in [0.15, 0.2) is 0 Å². The van der Waals surface area contributed by atoms with Crippen LogP contribution in [-0.4, -0.2) is 33.0 Å². The molecule has 0 N–H and O–H groups in total. The Labute approximate surface area is 124 Å². The molecule has 0 radical (unpaired) electrons. The molecular formula is C15H19ClN4. The van der Waals surface area contributed by atoms with Gasteiger partial charge in [-0.2, -0.15) is 0 Å². The molecule has 0 fully saturated rings. The molecule has 0 bridgehead atoms. The Balaban J connectivity index is 1.54. The van der Waals surface area contributed by atoms with Crippen LogP contribution in [0.3, 0.4) is 0 Å². The maximum absolute atomic E-state index is 5.86. The molecule has 0 saturated heterocycles. The lowest BCUT2D eigenvalue weighted by molar-refractivity contribution is 0.227. The van der Waals surface area contributed by atoms with Crippen LogP contribution >= 0.6 is 11.6 Å². The third kappa shape index (κ3) is 3.19. The molecule has 0 aliphatic carbocycles. The van der Waals surface area contributed by atoms with Gasteiger partial charge in [0.05, 0.1) is 10.7 Å². The van der Waals surface area contributed by atoms with Crippen molar-refractivity contribution in [1.29, 1.82) is 0 Å². The van der Waals surface area contributed by atoms with Crippen LogP contribution in [0.5, 0.6) is 0 Å². The van der Waals surface area contributed by atoms with Gasteiger partial charge < -0.3 is 9.47 Å². The minimum Gasteiger partial charge on any atom is -0.335 e. The maximum atomic E-state index is 5.86. The predicted molar refractivity (Wildman–Crippen MR) is 79.6 cm³/mol. The molecule has 4 nitrogen and oxygen atoms in total. The lowest BCUT2D eigenvalue weighted by atomic mass is 9.99. The van der Waals surface area contributed by atoms with E-state index in [0.717, 1.165) is 31.7 Å². The summed E-state index contributed by atoms with van der Waals surface area (Å²) in [5, 5.41) is 0.691. The number of hydrogen-bond acceptors (Lipinski definition) is 3. The van der Waals surface area contributed by atoms with Crippen molar-refractivity contribution in [3.63, 3.8) is 0 Å². The van der Waals surface area contributed by atoms with Crippen molar-refractivity contribution in [3.05, 3.63) is 47.3 Å². The van der Waals surface area contributed by atoms with Gasteiger partial charge in [0.2, 0.25) is 0 Å². The van der Waals surface area contributed by atoms with Crippen LogP contribution in [0.15, 0.2) is 30.7 Å². The van der Waals surface area contributed by atoms with Gasteiger partial charge in [-0.25, -0.2) is 4.98 Å². The lowest BCUT2D eigenvalue weighted by Gasteiger charge is -2.28. The summed E-state index contributed by atoms with van der Waals surface area (Å²) in [6.07, 6.45) is 8.00. The number of nitrogens with zero attached hydrogens (tertiary/aromatic N) is 4. The summed E-state index contributed by atoms with van der Waals surface area (Å²) in [4.78, 5) is 11.1. The Morgan fingerprint density at radius 3 is 3.10 bits per heavy atom. The second-order valence-corrected chi connectivity index (χ2v) is 6.00. The van der Waals surface area contributed by atoms with Crippen LogP contribution in [0.1, 0.15) is 17.9 Å². The summed E-state index contributed by atoms with van der Waals surface area (Å²) in [5.41, 5.74) is 1.07. The Bertz CT molecular complexity index is 564. The maximum Gasteiger partial charge on any atom is 0.108 e. The molecular weight excluding hydrogens is 272 g/mol. The molecule has 3 heterocycles. The van der Waals surface area contributed by atoms with Crippen LogP contribution < -0.4 is 0 Å². The molecule has 106 valence electrons. The third-order valence-electron chi connectivity index (χ3n) is 3.82. The lowest BCUT2D eigenvalue weighted by Crippen LogP contribution is -2.31. The average molecular weight is 291 g/mol. The van der Waals surface area contributed by atoms with Crippen LogP contribution in [-0.2, 0) is 19.5 Å². The number of aromatic nitrogens is 3. The summed E-state index contributed by atoms with van der Waals surface area (Å²) < 4.78 is 2.28. The summed E-state index contributed by atoms with van der Waals surface area (Å²) in [7, 11) is 2.15. The fourth-order valence-corrected chi connectivity index (χ4v) is 2.98. The van der Waals surface area contributed by atoms with Crippen LogP contribution in [0.25, 0.3) is 0 Å². The van der Waals surface area contributed by atoms with Gasteiger partial charge in [0.25, 0.3) is 0 Å². The van der Waals surface area contributed by atoms with E-state index >= 15 is 0 Å². The van der Waals surface area contributed by atoms with E-state index in [9.17, 15) is 0 Å². The minimum absolute atomic E-state index is 0.689. The van der Waals surface area contributed by atoms with Gasteiger partial charge in [-0.3, -0.25) is 4.98 Å². The molecule has 2 aromatic rings. The fraction of sp³-hybridized carbons (Fsp3) is 0.467. The largest absolute Gasteiger partial charge is 0.335 e.